The van der Waals surface area contributed by atoms with Gasteiger partial charge in [-0.2, -0.15) is 4.39 Å². The molecule has 3 N–H and O–H groups in total. The number of sulfonamides is 1. The van der Waals surface area contributed by atoms with Crippen molar-refractivity contribution in [1.82, 2.24) is 20.3 Å². The third-order valence-electron chi connectivity index (χ3n) is 6.39. The Bertz CT molecular complexity index is 1630. The second kappa shape index (κ2) is 12.4. The van der Waals surface area contributed by atoms with Crippen LogP contribution in [0.2, 0.25) is 0 Å². The van der Waals surface area contributed by atoms with Crippen LogP contribution in [-0.4, -0.2) is 49.6 Å². The molecule has 1 aliphatic rings. The van der Waals surface area contributed by atoms with Crippen molar-refractivity contribution >= 4 is 21.7 Å². The molecule has 214 valence electrons. The van der Waals surface area contributed by atoms with Crippen LogP contribution in [0.4, 0.5) is 20.4 Å². The first kappa shape index (κ1) is 28.2. The van der Waals surface area contributed by atoms with E-state index in [1.807, 2.05) is 0 Å². The number of hydrogen-bond donors (Lipinski definition) is 3. The number of hydrogen-bond acceptors (Lipinski definition) is 9. The molecule has 2 aromatic heterocycles. The molecule has 0 spiro atoms. The molecule has 13 heteroatoms. The summed E-state index contributed by atoms with van der Waals surface area (Å²) >= 11 is 0. The van der Waals surface area contributed by atoms with Crippen LogP contribution in [0.25, 0.3) is 11.3 Å². The Morgan fingerprint density at radius 3 is 2.66 bits per heavy atom. The molecule has 10 nitrogen and oxygen atoms in total. The molecule has 0 unspecified atom stereocenters. The zero-order valence-electron chi connectivity index (χ0n) is 22.1. The maximum absolute atomic E-state index is 15.1. The average molecular weight is 583 g/mol. The van der Waals surface area contributed by atoms with Gasteiger partial charge >= 0.3 is 0 Å². The van der Waals surface area contributed by atoms with Gasteiger partial charge in [0.05, 0.1) is 29.8 Å². The maximum Gasteiger partial charge on any atom is 0.237 e. The van der Waals surface area contributed by atoms with Crippen molar-refractivity contribution in [2.75, 3.05) is 30.2 Å². The largest absolute Gasteiger partial charge is 0.496 e. The summed E-state index contributed by atoms with van der Waals surface area (Å²) in [6, 6.07) is 13.9. The summed E-state index contributed by atoms with van der Waals surface area (Å²) in [7, 11) is -2.69. The molecule has 0 amide bonds. The minimum absolute atomic E-state index is 0.0145. The number of rotatable bonds is 10. The van der Waals surface area contributed by atoms with Crippen molar-refractivity contribution in [2.45, 2.75) is 24.6 Å². The molecule has 41 heavy (non-hydrogen) atoms. The Kier molecular flexibility index (Phi) is 8.55. The number of halogens is 2. The number of anilines is 2. The molecule has 3 heterocycles. The van der Waals surface area contributed by atoms with Crippen LogP contribution in [0.1, 0.15) is 18.4 Å². The number of nitrogens with zero attached hydrogens (tertiary/aromatic N) is 3. The minimum Gasteiger partial charge on any atom is -0.496 e. The Morgan fingerprint density at radius 2 is 1.85 bits per heavy atom. The molecule has 1 atom stereocenters. The Balaban J connectivity index is 1.35. The summed E-state index contributed by atoms with van der Waals surface area (Å²) in [5.41, 5.74) is 0.705. The van der Waals surface area contributed by atoms with Gasteiger partial charge in [0.25, 0.3) is 0 Å². The highest BCUT2D eigenvalue weighted by Crippen LogP contribution is 2.34. The molecular weight excluding hydrogens is 554 g/mol. The highest BCUT2D eigenvalue weighted by Gasteiger charge is 2.22. The van der Waals surface area contributed by atoms with Crippen LogP contribution in [0, 0.1) is 11.6 Å². The van der Waals surface area contributed by atoms with Crippen molar-refractivity contribution in [3.63, 3.8) is 0 Å². The van der Waals surface area contributed by atoms with Gasteiger partial charge in [-0.15, -0.1) is 0 Å². The third-order valence-corrected chi connectivity index (χ3v) is 7.61. The first-order valence-corrected chi connectivity index (χ1v) is 14.5. The first-order valence-electron chi connectivity index (χ1n) is 12.9. The zero-order chi connectivity index (χ0) is 28.8. The van der Waals surface area contributed by atoms with E-state index in [9.17, 15) is 8.42 Å². The Morgan fingerprint density at radius 1 is 1.00 bits per heavy atom. The molecule has 0 bridgehead atoms. The fourth-order valence-corrected chi connectivity index (χ4v) is 5.64. The first-order chi connectivity index (χ1) is 19.8. The quantitative estimate of drug-likeness (QED) is 0.243. The Hall–Kier alpha value is -4.36. The molecule has 5 rings (SSSR count). The van der Waals surface area contributed by atoms with E-state index in [4.69, 9.17) is 9.47 Å². The summed E-state index contributed by atoms with van der Waals surface area (Å²) < 4.78 is 68.5. The molecule has 1 saturated heterocycles. The van der Waals surface area contributed by atoms with Crippen molar-refractivity contribution < 1.29 is 26.7 Å². The standard InChI is InChI=1S/C28H28F2N6O4S/c1-39-23-9-3-2-6-18(23)17-41(37,38)36-22-10-11-24(26(30)25(22)29)40-27-20(8-5-14-32-27)21-12-15-33-28(35-21)34-19-7-4-13-31-16-19/h2-3,5-6,8-12,14-15,19,31,36H,4,7,13,16-17H2,1H3,(H,33,34,35)/t19-/m0/s1. The number of nitrogens with one attached hydrogen (secondary N) is 3. The van der Waals surface area contributed by atoms with Crippen LogP contribution in [0.3, 0.4) is 0 Å². The Labute approximate surface area is 236 Å². The fraction of sp³-hybridized carbons (Fsp3) is 0.250. The summed E-state index contributed by atoms with van der Waals surface area (Å²) in [5.74, 6) is -3.01. The number of benzene rings is 2. The van der Waals surface area contributed by atoms with Crippen LogP contribution in [0.5, 0.6) is 17.4 Å². The second-order valence-corrected chi connectivity index (χ2v) is 11.0. The lowest BCUT2D eigenvalue weighted by atomic mass is 10.1. The van der Waals surface area contributed by atoms with Gasteiger partial charge in [-0.1, -0.05) is 18.2 Å². The number of para-hydroxylation sites is 1. The average Bonchev–Trinajstić information content (AvgIpc) is 2.98. The van der Waals surface area contributed by atoms with Crippen molar-refractivity contribution in [3.8, 4) is 28.6 Å². The van der Waals surface area contributed by atoms with Gasteiger partial charge in [0.15, 0.2) is 11.6 Å². The van der Waals surface area contributed by atoms with E-state index in [0.29, 0.717) is 28.5 Å². The van der Waals surface area contributed by atoms with Crippen molar-refractivity contribution in [2.24, 2.45) is 0 Å². The van der Waals surface area contributed by atoms with Crippen LogP contribution in [-0.2, 0) is 15.8 Å². The van der Waals surface area contributed by atoms with Gasteiger partial charge in [-0.25, -0.2) is 27.8 Å². The van der Waals surface area contributed by atoms with E-state index >= 15 is 8.78 Å². The molecule has 2 aromatic carbocycles. The number of aromatic nitrogens is 3. The molecule has 0 aliphatic carbocycles. The van der Waals surface area contributed by atoms with Gasteiger partial charge in [-0.05, 0) is 55.8 Å². The van der Waals surface area contributed by atoms with Crippen molar-refractivity contribution in [1.29, 1.82) is 0 Å². The lowest BCUT2D eigenvalue weighted by Gasteiger charge is -2.23. The number of ether oxygens (including phenoxy) is 2. The van der Waals surface area contributed by atoms with Gasteiger partial charge in [0.2, 0.25) is 27.7 Å². The van der Waals surface area contributed by atoms with Gasteiger partial charge in [0, 0.05) is 30.5 Å². The molecule has 0 radical (unpaired) electrons. The van der Waals surface area contributed by atoms with Gasteiger partial charge < -0.3 is 20.1 Å². The van der Waals surface area contributed by atoms with E-state index in [0.717, 1.165) is 38.1 Å². The second-order valence-electron chi connectivity index (χ2n) is 9.32. The lowest BCUT2D eigenvalue weighted by molar-refractivity contribution is 0.407. The number of pyridine rings is 1. The molecular formula is C28H28F2N6O4S. The maximum atomic E-state index is 15.1. The monoisotopic (exact) mass is 582 g/mol. The van der Waals surface area contributed by atoms with Gasteiger partial charge in [0.1, 0.15) is 5.75 Å². The van der Waals surface area contributed by atoms with Gasteiger partial charge in [-0.3, -0.25) is 4.72 Å². The van der Waals surface area contributed by atoms with Crippen molar-refractivity contribution in [3.05, 3.63) is 84.2 Å². The van der Waals surface area contributed by atoms with E-state index in [1.54, 1.807) is 48.7 Å². The highest BCUT2D eigenvalue weighted by molar-refractivity contribution is 7.91. The smallest absolute Gasteiger partial charge is 0.237 e. The molecule has 0 saturated carbocycles. The topological polar surface area (TPSA) is 127 Å². The van der Waals surface area contributed by atoms with E-state index < -0.39 is 38.8 Å². The molecule has 1 aliphatic heterocycles. The third kappa shape index (κ3) is 6.87. The molecule has 4 aromatic rings. The summed E-state index contributed by atoms with van der Waals surface area (Å²) in [6.07, 6.45) is 5.06. The fourth-order valence-electron chi connectivity index (χ4n) is 4.43. The summed E-state index contributed by atoms with van der Waals surface area (Å²) in [6.45, 7) is 1.77. The predicted octanol–water partition coefficient (Wildman–Crippen LogP) is 4.72. The van der Waals surface area contributed by atoms with E-state index in [-0.39, 0.29) is 11.9 Å². The number of methoxy groups -OCH3 is 1. The molecule has 1 fully saturated rings. The van der Waals surface area contributed by atoms with E-state index in [2.05, 4.69) is 30.3 Å². The summed E-state index contributed by atoms with van der Waals surface area (Å²) in [4.78, 5) is 13.0. The van der Waals surface area contributed by atoms with Crippen LogP contribution < -0.4 is 24.8 Å². The van der Waals surface area contributed by atoms with Crippen LogP contribution in [0.15, 0.2) is 67.0 Å². The normalized spacial score (nSPS) is 15.2. The van der Waals surface area contributed by atoms with Crippen LogP contribution >= 0.6 is 0 Å². The SMILES string of the molecule is COc1ccccc1CS(=O)(=O)Nc1ccc(Oc2ncccc2-c2ccnc(N[C@H]3CCCNC3)n2)c(F)c1F. The van der Waals surface area contributed by atoms with E-state index in [1.165, 1.54) is 13.3 Å². The zero-order valence-corrected chi connectivity index (χ0v) is 22.9. The minimum atomic E-state index is -4.10. The lowest BCUT2D eigenvalue weighted by Crippen LogP contribution is -2.38. The highest BCUT2D eigenvalue weighted by atomic mass is 32.2. The predicted molar refractivity (Wildman–Crippen MR) is 150 cm³/mol. The summed E-state index contributed by atoms with van der Waals surface area (Å²) in [5, 5.41) is 6.63. The number of piperidine rings is 1.